The van der Waals surface area contributed by atoms with Crippen LogP contribution in [0.5, 0.6) is 11.5 Å². The Morgan fingerprint density at radius 2 is 1.92 bits per heavy atom. The molecule has 2 N–H and O–H groups in total. The van der Waals surface area contributed by atoms with Crippen LogP contribution in [0.15, 0.2) is 59.7 Å². The second-order valence-electron chi connectivity index (χ2n) is 9.40. The summed E-state index contributed by atoms with van der Waals surface area (Å²) in [6.45, 7) is 6.98. The highest BCUT2D eigenvalue weighted by Gasteiger charge is 2.39. The number of amides is 2. The topological polar surface area (TPSA) is 108 Å². The molecule has 0 radical (unpaired) electrons. The summed E-state index contributed by atoms with van der Waals surface area (Å²) >= 11 is 0. The van der Waals surface area contributed by atoms with Crippen molar-refractivity contribution in [3.05, 3.63) is 82.4 Å². The Bertz CT molecular complexity index is 1340. The van der Waals surface area contributed by atoms with E-state index in [-0.39, 0.29) is 34.7 Å². The van der Waals surface area contributed by atoms with Gasteiger partial charge in [0, 0.05) is 38.0 Å². The molecule has 0 bridgehead atoms. The fourth-order valence-corrected chi connectivity index (χ4v) is 4.20. The van der Waals surface area contributed by atoms with Crippen LogP contribution < -0.4 is 15.6 Å². The van der Waals surface area contributed by atoms with Crippen molar-refractivity contribution in [2.45, 2.75) is 32.4 Å². The van der Waals surface area contributed by atoms with Crippen molar-refractivity contribution in [2.24, 2.45) is 0 Å². The maximum Gasteiger partial charge on any atom is 0.255 e. The number of carbonyl (C=O) groups excluding carboxylic acids is 2. The van der Waals surface area contributed by atoms with Gasteiger partial charge in [-0.05, 0) is 51.1 Å². The molecule has 1 saturated heterocycles. The van der Waals surface area contributed by atoms with Gasteiger partial charge in [0.25, 0.3) is 5.91 Å². The van der Waals surface area contributed by atoms with Gasteiger partial charge in [0.2, 0.25) is 11.5 Å². The zero-order chi connectivity index (χ0) is 26.7. The molecule has 2 aromatic heterocycles. The van der Waals surface area contributed by atoms with Crippen molar-refractivity contribution in [1.82, 2.24) is 19.8 Å². The van der Waals surface area contributed by atoms with Crippen LogP contribution in [0.25, 0.3) is 0 Å². The molecule has 3 heterocycles. The van der Waals surface area contributed by atoms with Crippen molar-refractivity contribution < 1.29 is 23.1 Å². The number of anilines is 1. The average molecular weight is 512 g/mol. The Balaban J connectivity index is 1.35. The molecule has 1 fully saturated rings. The molecule has 1 aliphatic rings. The maximum absolute atomic E-state index is 13.8. The van der Waals surface area contributed by atoms with Gasteiger partial charge in [-0.1, -0.05) is 0 Å². The summed E-state index contributed by atoms with van der Waals surface area (Å²) in [4.78, 5) is 47.6. The molecular weight excluding hydrogens is 484 g/mol. The molecule has 9 nitrogen and oxygen atoms in total. The zero-order valence-electron chi connectivity index (χ0n) is 20.6. The first-order valence-electron chi connectivity index (χ1n) is 11.7. The molecule has 37 heavy (non-hydrogen) atoms. The van der Waals surface area contributed by atoms with Gasteiger partial charge in [0.15, 0.2) is 11.6 Å². The van der Waals surface area contributed by atoms with Gasteiger partial charge in [0.1, 0.15) is 17.4 Å². The molecule has 2 amide bonds. The summed E-state index contributed by atoms with van der Waals surface area (Å²) in [5.74, 6) is -1.65. The van der Waals surface area contributed by atoms with Crippen molar-refractivity contribution in [2.75, 3.05) is 25.0 Å². The van der Waals surface area contributed by atoms with Crippen molar-refractivity contribution in [3.8, 4) is 11.5 Å². The Kier molecular flexibility index (Phi) is 7.35. The monoisotopic (exact) mass is 511 g/mol. The first-order chi connectivity index (χ1) is 17.5. The Morgan fingerprint density at radius 1 is 1.14 bits per heavy atom. The molecule has 0 saturated carbocycles. The van der Waals surface area contributed by atoms with E-state index in [0.29, 0.717) is 25.2 Å². The van der Waals surface area contributed by atoms with E-state index in [2.05, 4.69) is 15.3 Å². The minimum Gasteiger partial charge on any atom is -0.453 e. The van der Waals surface area contributed by atoms with E-state index >= 15 is 0 Å². The number of H-pyrrole nitrogens is 1. The van der Waals surface area contributed by atoms with Crippen LogP contribution in [0.2, 0.25) is 0 Å². The number of ether oxygens (including phenoxy) is 1. The lowest BCUT2D eigenvalue weighted by molar-refractivity contribution is -0.122. The van der Waals surface area contributed by atoms with E-state index < -0.39 is 23.2 Å². The summed E-state index contributed by atoms with van der Waals surface area (Å²) in [6.07, 6.45) is 2.73. The average Bonchev–Trinajstić information content (AvgIpc) is 2.86. The minimum absolute atomic E-state index is 0.144. The lowest BCUT2D eigenvalue weighted by Gasteiger charge is -2.48. The third-order valence-electron chi connectivity index (χ3n) is 6.24. The van der Waals surface area contributed by atoms with Crippen LogP contribution in [0.1, 0.15) is 31.1 Å². The molecule has 4 rings (SSSR count). The second kappa shape index (κ2) is 10.5. The summed E-state index contributed by atoms with van der Waals surface area (Å²) < 4.78 is 32.2. The van der Waals surface area contributed by atoms with E-state index in [1.54, 1.807) is 11.8 Å². The number of pyridine rings is 2. The number of benzene rings is 1. The second-order valence-corrected chi connectivity index (χ2v) is 9.40. The first-order valence-corrected chi connectivity index (χ1v) is 11.7. The molecule has 0 spiro atoms. The number of aromatic nitrogens is 2. The summed E-state index contributed by atoms with van der Waals surface area (Å²) in [5.41, 5.74) is -0.446. The van der Waals surface area contributed by atoms with Gasteiger partial charge in [0.05, 0.1) is 23.3 Å². The number of hydrogen-bond acceptors (Lipinski definition) is 6. The van der Waals surface area contributed by atoms with Crippen molar-refractivity contribution in [1.29, 1.82) is 0 Å². The van der Waals surface area contributed by atoms with Crippen LogP contribution in [-0.4, -0.2) is 62.8 Å². The first kappa shape index (κ1) is 26.0. The molecule has 1 atom stereocenters. The number of rotatable bonds is 6. The van der Waals surface area contributed by atoms with Gasteiger partial charge in [-0.3, -0.25) is 19.3 Å². The minimum atomic E-state index is -0.838. The summed E-state index contributed by atoms with van der Waals surface area (Å²) in [5, 5.41) is 2.76. The van der Waals surface area contributed by atoms with E-state index in [1.165, 1.54) is 42.7 Å². The van der Waals surface area contributed by atoms with Crippen LogP contribution >= 0.6 is 0 Å². The van der Waals surface area contributed by atoms with Crippen molar-refractivity contribution >= 4 is 17.6 Å². The molecule has 3 aromatic rings. The van der Waals surface area contributed by atoms with Crippen LogP contribution in [0, 0.1) is 11.6 Å². The van der Waals surface area contributed by atoms with Crippen LogP contribution in [0.4, 0.5) is 14.6 Å². The number of piperazine rings is 1. The lowest BCUT2D eigenvalue weighted by atomic mass is 9.96. The van der Waals surface area contributed by atoms with Gasteiger partial charge in [-0.15, -0.1) is 0 Å². The van der Waals surface area contributed by atoms with E-state index in [1.807, 2.05) is 18.7 Å². The van der Waals surface area contributed by atoms with Gasteiger partial charge >= 0.3 is 0 Å². The zero-order valence-corrected chi connectivity index (χ0v) is 20.6. The van der Waals surface area contributed by atoms with Gasteiger partial charge in [-0.25, -0.2) is 13.8 Å². The number of carbonyl (C=O) groups is 2. The molecule has 1 aliphatic heterocycles. The van der Waals surface area contributed by atoms with Gasteiger partial charge < -0.3 is 19.9 Å². The van der Waals surface area contributed by atoms with E-state index in [4.69, 9.17) is 4.74 Å². The molecule has 0 aliphatic carbocycles. The SMILES string of the molecule is CC(C(=O)Nc1ccc(Oc2ccc(F)cc2F)cn1)N1CCN(C(=O)c2ccc(=O)[nH]c2)C(C)(C)C1. The fraction of sp³-hybridized carbons (Fsp3) is 0.308. The number of aromatic amines is 1. The van der Waals surface area contributed by atoms with Gasteiger partial charge in [-0.2, -0.15) is 0 Å². The largest absolute Gasteiger partial charge is 0.453 e. The fourth-order valence-electron chi connectivity index (χ4n) is 4.20. The number of hydrogen-bond donors (Lipinski definition) is 2. The highest BCUT2D eigenvalue weighted by molar-refractivity contribution is 5.95. The molecule has 1 unspecified atom stereocenters. The Labute approximate surface area is 212 Å². The normalized spacial score (nSPS) is 16.2. The van der Waals surface area contributed by atoms with Crippen molar-refractivity contribution in [3.63, 3.8) is 0 Å². The Hall–Kier alpha value is -4.12. The Morgan fingerprint density at radius 3 is 2.54 bits per heavy atom. The number of halogens is 2. The number of nitrogens with one attached hydrogen (secondary N) is 2. The summed E-state index contributed by atoms with van der Waals surface area (Å²) in [7, 11) is 0. The van der Waals surface area contributed by atoms with Crippen LogP contribution in [-0.2, 0) is 4.79 Å². The standard InChI is InChI=1S/C26H27F2N5O4/c1-16(32-10-11-33(26(2,3)15-32)25(36)17-4-9-23(34)30-13-17)24(35)31-22-8-6-19(14-29-22)37-21-7-5-18(27)12-20(21)28/h4-9,12-14,16H,10-11,15H2,1-3H3,(H,30,34)(H,29,31,35). The third-order valence-corrected chi connectivity index (χ3v) is 6.24. The number of nitrogens with zero attached hydrogens (tertiary/aromatic N) is 3. The van der Waals surface area contributed by atoms with E-state index in [9.17, 15) is 23.2 Å². The highest BCUT2D eigenvalue weighted by Crippen LogP contribution is 2.26. The molecule has 11 heteroatoms. The lowest BCUT2D eigenvalue weighted by Crippen LogP contribution is -2.63. The maximum atomic E-state index is 13.8. The highest BCUT2D eigenvalue weighted by atomic mass is 19.1. The summed E-state index contributed by atoms with van der Waals surface area (Å²) in [6, 6.07) is 8.33. The molecular formula is C26H27F2N5O4. The van der Waals surface area contributed by atoms with E-state index in [0.717, 1.165) is 12.1 Å². The smallest absolute Gasteiger partial charge is 0.255 e. The predicted molar refractivity (Wildman–Crippen MR) is 133 cm³/mol. The predicted octanol–water partition coefficient (Wildman–Crippen LogP) is 3.40. The molecule has 1 aromatic carbocycles. The third kappa shape index (κ3) is 6.00. The molecule has 194 valence electrons. The van der Waals surface area contributed by atoms with Crippen LogP contribution in [0.3, 0.4) is 0 Å². The quantitative estimate of drug-likeness (QED) is 0.525.